The highest BCUT2D eigenvalue weighted by molar-refractivity contribution is 5.94. The number of carbonyl (C=O) groups is 1. The van der Waals surface area contributed by atoms with Gasteiger partial charge in [-0.25, -0.2) is 4.98 Å². The summed E-state index contributed by atoms with van der Waals surface area (Å²) in [5, 5.41) is 3.05. The Labute approximate surface area is 129 Å². The Hall–Kier alpha value is -1.70. The summed E-state index contributed by atoms with van der Waals surface area (Å²) in [6, 6.07) is 3.59. The molecule has 0 saturated carbocycles. The van der Waals surface area contributed by atoms with E-state index in [9.17, 15) is 4.79 Å². The Balaban J connectivity index is 1.61. The van der Waals surface area contributed by atoms with Crippen LogP contribution in [0.15, 0.2) is 18.3 Å². The second-order valence-corrected chi connectivity index (χ2v) is 5.42. The van der Waals surface area contributed by atoms with Crippen molar-refractivity contribution in [3.63, 3.8) is 0 Å². The van der Waals surface area contributed by atoms with Crippen molar-refractivity contribution < 1.29 is 19.0 Å². The topological polar surface area (TPSA) is 72.9 Å². The summed E-state index contributed by atoms with van der Waals surface area (Å²) in [5.41, 5.74) is 0.522. The molecule has 22 heavy (non-hydrogen) atoms. The minimum absolute atomic E-state index is 0.00676. The van der Waals surface area contributed by atoms with Crippen LogP contribution in [0.3, 0.4) is 0 Å². The van der Waals surface area contributed by atoms with E-state index in [1.165, 1.54) is 6.20 Å². The minimum atomic E-state index is -0.135. The lowest BCUT2D eigenvalue weighted by molar-refractivity contribution is 0.0108. The first-order valence-electron chi connectivity index (χ1n) is 7.48. The van der Waals surface area contributed by atoms with E-state index in [1.807, 2.05) is 0 Å². The number of carbonyl (C=O) groups excluding carboxylic acids is 1. The molecule has 3 heterocycles. The molecule has 0 radical (unpaired) electrons. The largest absolute Gasteiger partial charge is 0.481 e. The Kier molecular flexibility index (Phi) is 4.87. The fraction of sp³-hybridized carbons (Fsp3) is 0.600. The first kappa shape index (κ1) is 15.2. The molecule has 2 aliphatic heterocycles. The van der Waals surface area contributed by atoms with Crippen LogP contribution in [0.2, 0.25) is 0 Å². The van der Waals surface area contributed by atoms with Crippen LogP contribution in [0.1, 0.15) is 10.4 Å². The molecule has 1 aromatic rings. The first-order valence-corrected chi connectivity index (χ1v) is 7.48. The van der Waals surface area contributed by atoms with Crippen LogP contribution < -0.4 is 10.1 Å². The molecule has 7 heteroatoms. The van der Waals surface area contributed by atoms with E-state index in [2.05, 4.69) is 15.2 Å². The van der Waals surface area contributed by atoms with Gasteiger partial charge in [0.25, 0.3) is 5.91 Å². The van der Waals surface area contributed by atoms with E-state index >= 15 is 0 Å². The van der Waals surface area contributed by atoms with Crippen molar-refractivity contribution in [3.8, 4) is 5.88 Å². The molecule has 0 aliphatic carbocycles. The summed E-state index contributed by atoms with van der Waals surface area (Å²) in [4.78, 5) is 18.7. The molecule has 3 rings (SSSR count). The van der Waals surface area contributed by atoms with Crippen molar-refractivity contribution in [3.05, 3.63) is 23.9 Å². The van der Waals surface area contributed by atoms with Gasteiger partial charge in [-0.15, -0.1) is 0 Å². The van der Waals surface area contributed by atoms with Crippen molar-refractivity contribution in [2.75, 3.05) is 46.6 Å². The van der Waals surface area contributed by atoms with Crippen LogP contribution in [0, 0.1) is 0 Å². The van der Waals surface area contributed by atoms with E-state index in [-0.39, 0.29) is 18.0 Å². The summed E-state index contributed by atoms with van der Waals surface area (Å²) in [6.07, 6.45) is 1.52. The van der Waals surface area contributed by atoms with Crippen LogP contribution >= 0.6 is 0 Å². The number of aromatic nitrogens is 1. The minimum Gasteiger partial charge on any atom is -0.481 e. The van der Waals surface area contributed by atoms with Gasteiger partial charge in [0.2, 0.25) is 5.88 Å². The van der Waals surface area contributed by atoms with Crippen molar-refractivity contribution >= 4 is 5.91 Å². The predicted molar refractivity (Wildman–Crippen MR) is 79.0 cm³/mol. The molecular weight excluding hydrogens is 286 g/mol. The SMILES string of the molecule is COc1ccc(C(=O)N[C@H]2COC[C@@H]2N2CCOCC2)cn1. The number of hydrogen-bond donors (Lipinski definition) is 1. The van der Waals surface area contributed by atoms with Gasteiger partial charge in [-0.05, 0) is 6.07 Å². The summed E-state index contributed by atoms with van der Waals surface area (Å²) in [6.45, 7) is 4.41. The molecule has 7 nitrogen and oxygen atoms in total. The van der Waals surface area contributed by atoms with Crippen molar-refractivity contribution in [1.29, 1.82) is 0 Å². The smallest absolute Gasteiger partial charge is 0.253 e. The number of pyridine rings is 1. The Morgan fingerprint density at radius 1 is 1.32 bits per heavy atom. The number of ether oxygens (including phenoxy) is 3. The fourth-order valence-corrected chi connectivity index (χ4v) is 2.84. The van der Waals surface area contributed by atoms with Crippen molar-refractivity contribution in [2.45, 2.75) is 12.1 Å². The highest BCUT2D eigenvalue weighted by Gasteiger charge is 2.34. The molecule has 0 aromatic carbocycles. The number of rotatable bonds is 4. The van der Waals surface area contributed by atoms with Gasteiger partial charge in [0.1, 0.15) is 0 Å². The lowest BCUT2D eigenvalue weighted by Crippen LogP contribution is -2.54. The van der Waals surface area contributed by atoms with E-state index < -0.39 is 0 Å². The van der Waals surface area contributed by atoms with Crippen LogP contribution in [0.5, 0.6) is 5.88 Å². The molecule has 0 unspecified atom stereocenters. The number of morpholine rings is 1. The molecule has 1 aromatic heterocycles. The first-order chi connectivity index (χ1) is 10.8. The monoisotopic (exact) mass is 307 g/mol. The van der Waals surface area contributed by atoms with Crippen molar-refractivity contribution in [2.24, 2.45) is 0 Å². The van der Waals surface area contributed by atoms with E-state index in [4.69, 9.17) is 14.2 Å². The van der Waals surface area contributed by atoms with E-state index in [0.29, 0.717) is 24.7 Å². The highest BCUT2D eigenvalue weighted by Crippen LogP contribution is 2.16. The summed E-state index contributed by atoms with van der Waals surface area (Å²) < 4.78 is 15.9. The molecule has 120 valence electrons. The van der Waals surface area contributed by atoms with Gasteiger partial charge >= 0.3 is 0 Å². The summed E-state index contributed by atoms with van der Waals surface area (Å²) >= 11 is 0. The molecular formula is C15H21N3O4. The average molecular weight is 307 g/mol. The zero-order valence-corrected chi connectivity index (χ0v) is 12.7. The van der Waals surface area contributed by atoms with Gasteiger partial charge in [-0.2, -0.15) is 0 Å². The second kappa shape index (κ2) is 7.04. The number of nitrogens with zero attached hydrogens (tertiary/aromatic N) is 2. The van der Waals surface area contributed by atoms with Crippen LogP contribution in [0.25, 0.3) is 0 Å². The zero-order valence-electron chi connectivity index (χ0n) is 12.7. The van der Waals surface area contributed by atoms with Crippen molar-refractivity contribution in [1.82, 2.24) is 15.2 Å². The van der Waals surface area contributed by atoms with Gasteiger partial charge in [-0.1, -0.05) is 0 Å². The molecule has 2 aliphatic rings. The molecule has 0 bridgehead atoms. The number of nitrogens with one attached hydrogen (secondary N) is 1. The fourth-order valence-electron chi connectivity index (χ4n) is 2.84. The standard InChI is InChI=1S/C15H21N3O4/c1-20-14-3-2-11(8-16-14)15(19)17-12-9-22-10-13(12)18-4-6-21-7-5-18/h2-3,8,12-13H,4-7,9-10H2,1H3,(H,17,19)/t12-,13-/m0/s1. The number of methoxy groups -OCH3 is 1. The summed E-state index contributed by atoms with van der Waals surface area (Å²) in [7, 11) is 1.55. The molecule has 1 N–H and O–H groups in total. The number of amides is 1. The molecule has 1 amide bonds. The molecule has 2 saturated heterocycles. The summed E-state index contributed by atoms with van der Waals surface area (Å²) in [5.74, 6) is 0.357. The molecule has 2 atom stereocenters. The van der Waals surface area contributed by atoms with Crippen LogP contribution in [0.4, 0.5) is 0 Å². The van der Waals surface area contributed by atoms with Crippen LogP contribution in [-0.2, 0) is 9.47 Å². The van der Waals surface area contributed by atoms with Crippen LogP contribution in [-0.4, -0.2) is 74.5 Å². The van der Waals surface area contributed by atoms with E-state index in [0.717, 1.165) is 26.3 Å². The molecule has 2 fully saturated rings. The predicted octanol–water partition coefficient (Wildman–Crippen LogP) is -0.0804. The lowest BCUT2D eigenvalue weighted by Gasteiger charge is -2.34. The number of hydrogen-bond acceptors (Lipinski definition) is 6. The highest BCUT2D eigenvalue weighted by atomic mass is 16.5. The van der Waals surface area contributed by atoms with Gasteiger partial charge in [-0.3, -0.25) is 9.69 Å². The molecule has 0 spiro atoms. The maximum atomic E-state index is 12.3. The third-order valence-electron chi connectivity index (χ3n) is 4.09. The third-order valence-corrected chi connectivity index (χ3v) is 4.09. The Morgan fingerprint density at radius 3 is 2.82 bits per heavy atom. The van der Waals surface area contributed by atoms with Gasteiger partial charge < -0.3 is 19.5 Å². The zero-order chi connectivity index (χ0) is 15.4. The normalized spacial score (nSPS) is 25.9. The van der Waals surface area contributed by atoms with E-state index in [1.54, 1.807) is 19.2 Å². The maximum absolute atomic E-state index is 12.3. The van der Waals surface area contributed by atoms with Gasteiger partial charge in [0.15, 0.2) is 0 Å². The Bertz CT molecular complexity index is 502. The van der Waals surface area contributed by atoms with Gasteiger partial charge in [0, 0.05) is 25.4 Å². The second-order valence-electron chi connectivity index (χ2n) is 5.42. The quantitative estimate of drug-likeness (QED) is 0.839. The Morgan fingerprint density at radius 2 is 2.14 bits per heavy atom. The lowest BCUT2D eigenvalue weighted by atomic mass is 10.1. The van der Waals surface area contributed by atoms with Gasteiger partial charge in [0.05, 0.1) is 51.2 Å². The maximum Gasteiger partial charge on any atom is 0.253 e. The third kappa shape index (κ3) is 3.37. The average Bonchev–Trinajstić information content (AvgIpc) is 3.04.